The van der Waals surface area contributed by atoms with Crippen LogP contribution in [-0.4, -0.2) is 32.0 Å². The number of hydrogen-bond donors (Lipinski definition) is 3. The standard InChI is InChI=1S/C17H17N5O2/c18-15-14-13(10-3-5-11(6-4-10)17(23)24)21-16(12-2-1-7-19-12)22(14)9-8-20-15/h3-6,8-9,12,19H,1-2,7H2,(H2,18,20)(H,23,24)/t12-/m0/s1. The zero-order chi connectivity index (χ0) is 16.7. The van der Waals surface area contributed by atoms with Gasteiger partial charge in [-0.2, -0.15) is 0 Å². The third-order valence-corrected chi connectivity index (χ3v) is 4.39. The van der Waals surface area contributed by atoms with E-state index in [9.17, 15) is 4.79 Å². The predicted molar refractivity (Wildman–Crippen MR) is 89.8 cm³/mol. The third kappa shape index (κ3) is 2.30. The minimum atomic E-state index is -0.951. The van der Waals surface area contributed by atoms with Crippen molar-refractivity contribution >= 4 is 17.3 Å². The number of anilines is 1. The number of rotatable bonds is 3. The highest BCUT2D eigenvalue weighted by Gasteiger charge is 2.24. The first-order chi connectivity index (χ1) is 11.6. The number of nitrogens with zero attached hydrogens (tertiary/aromatic N) is 3. The first kappa shape index (κ1) is 14.6. The molecular formula is C17H17N5O2. The summed E-state index contributed by atoms with van der Waals surface area (Å²) in [7, 11) is 0. The van der Waals surface area contributed by atoms with E-state index in [2.05, 4.69) is 10.3 Å². The number of carboxylic acid groups (broad SMARTS) is 1. The van der Waals surface area contributed by atoms with Gasteiger partial charge in [0.2, 0.25) is 0 Å². The molecule has 24 heavy (non-hydrogen) atoms. The molecule has 4 rings (SSSR count). The fourth-order valence-electron chi connectivity index (χ4n) is 3.21. The number of carbonyl (C=O) groups is 1. The Morgan fingerprint density at radius 3 is 2.79 bits per heavy atom. The minimum absolute atomic E-state index is 0.186. The van der Waals surface area contributed by atoms with Crippen LogP contribution in [0.1, 0.15) is 35.1 Å². The molecule has 1 saturated heterocycles. The van der Waals surface area contributed by atoms with Crippen molar-refractivity contribution in [2.24, 2.45) is 0 Å². The van der Waals surface area contributed by atoms with Gasteiger partial charge in [-0.1, -0.05) is 12.1 Å². The fourth-order valence-corrected chi connectivity index (χ4v) is 3.21. The van der Waals surface area contributed by atoms with Crippen LogP contribution in [0, 0.1) is 0 Å². The molecule has 0 amide bonds. The van der Waals surface area contributed by atoms with E-state index in [1.807, 2.05) is 10.6 Å². The number of aromatic nitrogens is 3. The van der Waals surface area contributed by atoms with E-state index in [1.165, 1.54) is 0 Å². The lowest BCUT2D eigenvalue weighted by atomic mass is 10.1. The van der Waals surface area contributed by atoms with Crippen LogP contribution < -0.4 is 11.1 Å². The summed E-state index contributed by atoms with van der Waals surface area (Å²) in [5.41, 5.74) is 8.64. The second-order valence-corrected chi connectivity index (χ2v) is 5.88. The normalized spacial score (nSPS) is 17.4. The van der Waals surface area contributed by atoms with Crippen molar-refractivity contribution in [3.05, 3.63) is 48.0 Å². The molecule has 3 heterocycles. The number of fused-ring (bicyclic) bond motifs is 1. The van der Waals surface area contributed by atoms with Gasteiger partial charge in [0.15, 0.2) is 0 Å². The fraction of sp³-hybridized carbons (Fsp3) is 0.235. The molecule has 4 N–H and O–H groups in total. The molecule has 0 radical (unpaired) electrons. The van der Waals surface area contributed by atoms with Gasteiger partial charge in [0, 0.05) is 18.0 Å². The number of nitrogens with two attached hydrogens (primary N) is 1. The van der Waals surface area contributed by atoms with Crippen LogP contribution in [0.25, 0.3) is 16.8 Å². The summed E-state index contributed by atoms with van der Waals surface area (Å²) < 4.78 is 1.98. The van der Waals surface area contributed by atoms with Crippen LogP contribution in [0.3, 0.4) is 0 Å². The molecule has 0 bridgehead atoms. The van der Waals surface area contributed by atoms with Crippen LogP contribution in [0.4, 0.5) is 5.82 Å². The highest BCUT2D eigenvalue weighted by Crippen LogP contribution is 2.32. The smallest absolute Gasteiger partial charge is 0.335 e. The zero-order valence-corrected chi connectivity index (χ0v) is 12.9. The van der Waals surface area contributed by atoms with Crippen LogP contribution in [0.5, 0.6) is 0 Å². The molecule has 0 unspecified atom stereocenters. The van der Waals surface area contributed by atoms with Crippen molar-refractivity contribution in [3.8, 4) is 11.3 Å². The third-order valence-electron chi connectivity index (χ3n) is 4.39. The molecule has 0 saturated carbocycles. The molecule has 1 atom stereocenters. The number of benzene rings is 1. The molecule has 1 aliphatic rings. The molecule has 0 spiro atoms. The Labute approximate surface area is 138 Å². The van der Waals surface area contributed by atoms with E-state index >= 15 is 0 Å². The average molecular weight is 323 g/mol. The summed E-state index contributed by atoms with van der Waals surface area (Å²) in [6.07, 6.45) is 5.67. The number of nitrogens with one attached hydrogen (secondary N) is 1. The topological polar surface area (TPSA) is 106 Å². The monoisotopic (exact) mass is 323 g/mol. The SMILES string of the molecule is Nc1nccn2c([C@@H]3CCCN3)nc(-c3ccc(C(=O)O)cc3)c12. The Balaban J connectivity index is 1.89. The molecule has 1 aromatic carbocycles. The molecule has 7 heteroatoms. The summed E-state index contributed by atoms with van der Waals surface area (Å²) >= 11 is 0. The van der Waals surface area contributed by atoms with Crippen molar-refractivity contribution in [2.75, 3.05) is 12.3 Å². The lowest BCUT2D eigenvalue weighted by Gasteiger charge is -2.08. The van der Waals surface area contributed by atoms with Gasteiger partial charge in [-0.25, -0.2) is 14.8 Å². The molecule has 122 valence electrons. The van der Waals surface area contributed by atoms with Gasteiger partial charge in [0.1, 0.15) is 22.9 Å². The Bertz CT molecular complexity index is 911. The van der Waals surface area contributed by atoms with Crippen molar-refractivity contribution in [1.82, 2.24) is 19.7 Å². The van der Waals surface area contributed by atoms with Crippen LogP contribution in [0.15, 0.2) is 36.7 Å². The van der Waals surface area contributed by atoms with E-state index in [4.69, 9.17) is 15.8 Å². The largest absolute Gasteiger partial charge is 0.478 e. The van der Waals surface area contributed by atoms with E-state index in [0.29, 0.717) is 5.82 Å². The summed E-state index contributed by atoms with van der Waals surface area (Å²) in [4.78, 5) is 20.0. The summed E-state index contributed by atoms with van der Waals surface area (Å²) in [5.74, 6) is 0.369. The van der Waals surface area contributed by atoms with Crippen molar-refractivity contribution in [2.45, 2.75) is 18.9 Å². The van der Waals surface area contributed by atoms with E-state index in [0.717, 1.165) is 42.0 Å². The first-order valence-corrected chi connectivity index (χ1v) is 7.84. The Morgan fingerprint density at radius 1 is 1.33 bits per heavy atom. The molecule has 1 fully saturated rings. The quantitative estimate of drug-likeness (QED) is 0.681. The number of hydrogen-bond acceptors (Lipinski definition) is 5. The second kappa shape index (κ2) is 5.61. The van der Waals surface area contributed by atoms with Crippen molar-refractivity contribution in [1.29, 1.82) is 0 Å². The maximum atomic E-state index is 11.0. The number of aromatic carboxylic acids is 1. The summed E-state index contributed by atoms with van der Waals surface area (Å²) in [5, 5.41) is 12.5. The molecule has 7 nitrogen and oxygen atoms in total. The molecule has 2 aromatic heterocycles. The first-order valence-electron chi connectivity index (χ1n) is 7.84. The van der Waals surface area contributed by atoms with Gasteiger partial charge in [0.05, 0.1) is 11.6 Å². The van der Waals surface area contributed by atoms with E-state index < -0.39 is 5.97 Å². The minimum Gasteiger partial charge on any atom is -0.478 e. The van der Waals surface area contributed by atoms with Crippen LogP contribution in [0.2, 0.25) is 0 Å². The Morgan fingerprint density at radius 2 is 2.12 bits per heavy atom. The van der Waals surface area contributed by atoms with Gasteiger partial charge >= 0.3 is 5.97 Å². The molecule has 1 aliphatic heterocycles. The molecule has 3 aromatic rings. The Kier molecular flexibility index (Phi) is 3.42. The summed E-state index contributed by atoms with van der Waals surface area (Å²) in [6.45, 7) is 0.975. The Hall–Kier alpha value is -2.93. The lowest BCUT2D eigenvalue weighted by molar-refractivity contribution is 0.0697. The highest BCUT2D eigenvalue weighted by atomic mass is 16.4. The lowest BCUT2D eigenvalue weighted by Crippen LogP contribution is -2.15. The van der Waals surface area contributed by atoms with E-state index in [-0.39, 0.29) is 11.6 Å². The second-order valence-electron chi connectivity index (χ2n) is 5.88. The van der Waals surface area contributed by atoms with Gasteiger partial charge in [-0.05, 0) is 31.5 Å². The molecular weight excluding hydrogens is 306 g/mol. The van der Waals surface area contributed by atoms with Crippen LogP contribution in [-0.2, 0) is 0 Å². The number of carboxylic acids is 1. The highest BCUT2D eigenvalue weighted by molar-refractivity contribution is 5.90. The van der Waals surface area contributed by atoms with Crippen molar-refractivity contribution in [3.63, 3.8) is 0 Å². The van der Waals surface area contributed by atoms with Gasteiger partial charge < -0.3 is 16.2 Å². The number of nitrogen functional groups attached to an aromatic ring is 1. The maximum Gasteiger partial charge on any atom is 0.335 e. The summed E-state index contributed by atoms with van der Waals surface area (Å²) in [6, 6.07) is 6.84. The zero-order valence-electron chi connectivity index (χ0n) is 12.9. The average Bonchev–Trinajstić information content (AvgIpc) is 3.23. The maximum absolute atomic E-state index is 11.0. The van der Waals surface area contributed by atoms with Gasteiger partial charge in [0.25, 0.3) is 0 Å². The number of imidazole rings is 1. The van der Waals surface area contributed by atoms with Crippen molar-refractivity contribution < 1.29 is 9.90 Å². The molecule has 0 aliphatic carbocycles. The van der Waals surface area contributed by atoms with Crippen LogP contribution >= 0.6 is 0 Å². The van der Waals surface area contributed by atoms with Gasteiger partial charge in [-0.3, -0.25) is 4.40 Å². The van der Waals surface area contributed by atoms with Gasteiger partial charge in [-0.15, -0.1) is 0 Å². The van der Waals surface area contributed by atoms with E-state index in [1.54, 1.807) is 30.5 Å². The predicted octanol–water partition coefficient (Wildman–Crippen LogP) is 2.10.